The lowest BCUT2D eigenvalue weighted by Gasteiger charge is -2.09. The molecule has 0 saturated heterocycles. The molecule has 2 amide bonds. The molecular formula is C16H12ClN3OS. The fraction of sp³-hybridized carbons (Fsp3) is 0. The zero-order valence-electron chi connectivity index (χ0n) is 11.4. The number of anilines is 2. The van der Waals surface area contributed by atoms with Gasteiger partial charge in [-0.1, -0.05) is 35.9 Å². The zero-order chi connectivity index (χ0) is 15.4. The first-order valence-electron chi connectivity index (χ1n) is 6.54. The van der Waals surface area contributed by atoms with Gasteiger partial charge in [0, 0.05) is 11.9 Å². The average molecular weight is 330 g/mol. The molecule has 3 rings (SSSR count). The van der Waals surface area contributed by atoms with Gasteiger partial charge >= 0.3 is 6.03 Å². The lowest BCUT2D eigenvalue weighted by molar-refractivity contribution is 0.262. The topological polar surface area (TPSA) is 54.0 Å². The lowest BCUT2D eigenvalue weighted by Crippen LogP contribution is -2.19. The Morgan fingerprint density at radius 3 is 2.50 bits per heavy atom. The second-order valence-corrected chi connectivity index (χ2v) is 5.80. The van der Waals surface area contributed by atoms with E-state index in [-0.39, 0.29) is 6.03 Å². The fourth-order valence-corrected chi connectivity index (χ4v) is 2.74. The Kier molecular flexibility index (Phi) is 4.37. The Labute approximate surface area is 136 Å². The molecule has 0 aliphatic rings. The summed E-state index contributed by atoms with van der Waals surface area (Å²) in [5.74, 6) is 0. The number of carbonyl (C=O) groups excluding carboxylic acids is 1. The number of benzene rings is 2. The molecule has 0 atom stereocenters. The van der Waals surface area contributed by atoms with Crippen molar-refractivity contribution in [2.24, 2.45) is 0 Å². The summed E-state index contributed by atoms with van der Waals surface area (Å²) < 4.78 is 0. The van der Waals surface area contributed by atoms with Crippen LogP contribution < -0.4 is 10.6 Å². The molecule has 2 aromatic carbocycles. The summed E-state index contributed by atoms with van der Waals surface area (Å²) in [5, 5.41) is 5.98. The Balaban J connectivity index is 1.66. The summed E-state index contributed by atoms with van der Waals surface area (Å²) >= 11 is 7.58. The number of rotatable bonds is 3. The molecular weight excluding hydrogens is 318 g/mol. The van der Waals surface area contributed by atoms with Crippen LogP contribution in [0.3, 0.4) is 0 Å². The highest BCUT2D eigenvalue weighted by Gasteiger charge is 2.06. The van der Waals surface area contributed by atoms with Crippen molar-refractivity contribution >= 4 is 40.3 Å². The second kappa shape index (κ2) is 6.60. The van der Waals surface area contributed by atoms with E-state index in [1.165, 1.54) is 0 Å². The van der Waals surface area contributed by atoms with Gasteiger partial charge in [0.05, 0.1) is 21.1 Å². The van der Waals surface area contributed by atoms with E-state index in [4.69, 9.17) is 11.6 Å². The van der Waals surface area contributed by atoms with Crippen molar-refractivity contribution in [2.75, 3.05) is 10.6 Å². The Morgan fingerprint density at radius 2 is 1.82 bits per heavy atom. The van der Waals surface area contributed by atoms with Crippen LogP contribution >= 0.6 is 22.9 Å². The summed E-state index contributed by atoms with van der Waals surface area (Å²) in [4.78, 5) is 17.1. The maximum atomic E-state index is 12.0. The number of amides is 2. The van der Waals surface area contributed by atoms with Crippen LogP contribution in [0.1, 0.15) is 0 Å². The maximum absolute atomic E-state index is 12.0. The highest BCUT2D eigenvalue weighted by Crippen LogP contribution is 2.25. The van der Waals surface area contributed by atoms with E-state index in [1.807, 2.05) is 42.6 Å². The third-order valence-corrected chi connectivity index (χ3v) is 4.13. The molecule has 0 saturated carbocycles. The normalized spacial score (nSPS) is 10.2. The van der Waals surface area contributed by atoms with E-state index in [2.05, 4.69) is 15.6 Å². The van der Waals surface area contributed by atoms with Crippen molar-refractivity contribution in [3.05, 3.63) is 65.3 Å². The summed E-state index contributed by atoms with van der Waals surface area (Å²) in [6.07, 6.45) is 1.82. The van der Waals surface area contributed by atoms with Crippen LogP contribution in [0.2, 0.25) is 5.02 Å². The molecule has 1 heterocycles. The lowest BCUT2D eigenvalue weighted by atomic mass is 10.2. The van der Waals surface area contributed by atoms with E-state index < -0.39 is 0 Å². The molecule has 6 heteroatoms. The van der Waals surface area contributed by atoms with Crippen molar-refractivity contribution in [1.82, 2.24) is 4.98 Å². The molecule has 0 radical (unpaired) electrons. The van der Waals surface area contributed by atoms with E-state index >= 15 is 0 Å². The molecule has 0 fully saturated rings. The van der Waals surface area contributed by atoms with Gasteiger partial charge in [-0.15, -0.1) is 11.3 Å². The second-order valence-electron chi connectivity index (χ2n) is 4.50. The molecule has 0 aliphatic heterocycles. The number of aromatic nitrogens is 1. The van der Waals surface area contributed by atoms with E-state index in [0.717, 1.165) is 10.4 Å². The van der Waals surface area contributed by atoms with Gasteiger partial charge in [-0.05, 0) is 29.8 Å². The number of halogens is 1. The highest BCUT2D eigenvalue weighted by molar-refractivity contribution is 7.13. The van der Waals surface area contributed by atoms with E-state index in [0.29, 0.717) is 16.4 Å². The molecule has 22 heavy (non-hydrogen) atoms. The quantitative estimate of drug-likeness (QED) is 0.701. The van der Waals surface area contributed by atoms with Crippen molar-refractivity contribution in [2.45, 2.75) is 0 Å². The number of thiazole rings is 1. The first-order valence-corrected chi connectivity index (χ1v) is 7.79. The van der Waals surface area contributed by atoms with Crippen LogP contribution in [0, 0.1) is 0 Å². The first-order chi connectivity index (χ1) is 10.7. The van der Waals surface area contributed by atoms with Crippen LogP contribution in [0.25, 0.3) is 10.4 Å². The minimum atomic E-state index is -0.335. The molecule has 0 bridgehead atoms. The maximum Gasteiger partial charge on any atom is 0.323 e. The van der Waals surface area contributed by atoms with Crippen molar-refractivity contribution in [3.63, 3.8) is 0 Å². The predicted molar refractivity (Wildman–Crippen MR) is 91.6 cm³/mol. The van der Waals surface area contributed by atoms with E-state index in [9.17, 15) is 4.79 Å². The van der Waals surface area contributed by atoms with Gasteiger partial charge in [0.1, 0.15) is 0 Å². The minimum Gasteiger partial charge on any atom is -0.308 e. The minimum absolute atomic E-state index is 0.335. The largest absolute Gasteiger partial charge is 0.323 e. The number of nitrogens with one attached hydrogen (secondary N) is 2. The molecule has 4 nitrogen and oxygen atoms in total. The third-order valence-electron chi connectivity index (χ3n) is 2.98. The number of urea groups is 1. The molecule has 0 spiro atoms. The first kappa shape index (κ1) is 14.6. The standard InChI is InChI=1S/C16H12ClN3OS/c17-13-3-1-2-4-14(13)20-16(21)19-12-7-5-11(6-8-12)15-9-18-10-22-15/h1-10H,(H2,19,20,21). The van der Waals surface area contributed by atoms with Crippen molar-refractivity contribution in [3.8, 4) is 10.4 Å². The number of carbonyl (C=O) groups is 1. The van der Waals surface area contributed by atoms with Gasteiger partial charge in [-0.2, -0.15) is 0 Å². The Hall–Kier alpha value is -2.37. The average Bonchev–Trinajstić information content (AvgIpc) is 3.05. The number of para-hydroxylation sites is 1. The summed E-state index contributed by atoms with van der Waals surface area (Å²) in [5.41, 5.74) is 4.14. The molecule has 0 aliphatic carbocycles. The highest BCUT2D eigenvalue weighted by atomic mass is 35.5. The molecule has 110 valence electrons. The Morgan fingerprint density at radius 1 is 1.05 bits per heavy atom. The zero-order valence-corrected chi connectivity index (χ0v) is 13.0. The van der Waals surface area contributed by atoms with Crippen molar-refractivity contribution < 1.29 is 4.79 Å². The monoisotopic (exact) mass is 329 g/mol. The molecule has 2 N–H and O–H groups in total. The van der Waals surface area contributed by atoms with Crippen LogP contribution in [0.5, 0.6) is 0 Å². The fourth-order valence-electron chi connectivity index (χ4n) is 1.92. The van der Waals surface area contributed by atoms with Gasteiger partial charge in [-0.25, -0.2) is 4.79 Å². The summed E-state index contributed by atoms with van der Waals surface area (Å²) in [6.45, 7) is 0. The van der Waals surface area contributed by atoms with Gasteiger partial charge in [0.2, 0.25) is 0 Å². The molecule has 3 aromatic rings. The SMILES string of the molecule is O=C(Nc1ccc(-c2cncs2)cc1)Nc1ccccc1Cl. The van der Waals surface area contributed by atoms with Gasteiger partial charge in [-0.3, -0.25) is 4.98 Å². The number of nitrogens with zero attached hydrogens (tertiary/aromatic N) is 1. The predicted octanol–water partition coefficient (Wildman–Crippen LogP) is 5.11. The number of hydrogen-bond donors (Lipinski definition) is 2. The molecule has 1 aromatic heterocycles. The molecule has 0 unspecified atom stereocenters. The Bertz CT molecular complexity index is 772. The summed E-state index contributed by atoms with van der Waals surface area (Å²) in [7, 11) is 0. The number of hydrogen-bond acceptors (Lipinski definition) is 3. The van der Waals surface area contributed by atoms with Gasteiger partial charge in [0.25, 0.3) is 0 Å². The van der Waals surface area contributed by atoms with Crippen LogP contribution in [0.4, 0.5) is 16.2 Å². The van der Waals surface area contributed by atoms with Crippen LogP contribution in [0.15, 0.2) is 60.2 Å². The van der Waals surface area contributed by atoms with Gasteiger partial charge in [0.15, 0.2) is 0 Å². The van der Waals surface area contributed by atoms with Crippen LogP contribution in [-0.4, -0.2) is 11.0 Å². The third kappa shape index (κ3) is 3.44. The summed E-state index contributed by atoms with van der Waals surface area (Å²) in [6, 6.07) is 14.3. The van der Waals surface area contributed by atoms with E-state index in [1.54, 1.807) is 29.0 Å². The van der Waals surface area contributed by atoms with Crippen molar-refractivity contribution in [1.29, 1.82) is 0 Å². The van der Waals surface area contributed by atoms with Gasteiger partial charge < -0.3 is 10.6 Å². The smallest absolute Gasteiger partial charge is 0.308 e. The van der Waals surface area contributed by atoms with Crippen LogP contribution in [-0.2, 0) is 0 Å².